The van der Waals surface area contributed by atoms with Crippen LogP contribution in [-0.4, -0.2) is 18.1 Å². The quantitative estimate of drug-likeness (QED) is 0.746. The monoisotopic (exact) mass is 250 g/mol. The number of hydrogen-bond acceptors (Lipinski definition) is 3. The van der Waals surface area contributed by atoms with Crippen molar-refractivity contribution in [2.75, 3.05) is 18.5 Å². The van der Waals surface area contributed by atoms with E-state index in [2.05, 4.69) is 44.1 Å². The van der Waals surface area contributed by atoms with E-state index in [0.717, 1.165) is 37.4 Å². The van der Waals surface area contributed by atoms with E-state index >= 15 is 0 Å². The molecule has 0 unspecified atom stereocenters. The van der Waals surface area contributed by atoms with E-state index in [0.29, 0.717) is 12.0 Å². The first kappa shape index (κ1) is 15.0. The van der Waals surface area contributed by atoms with Crippen molar-refractivity contribution in [1.82, 2.24) is 4.98 Å². The Morgan fingerprint density at radius 3 is 2.61 bits per heavy atom. The molecular weight excluding hydrogens is 224 g/mol. The smallest absolute Gasteiger partial charge is 0.125 e. The minimum atomic E-state index is 0.339. The van der Waals surface area contributed by atoms with Crippen molar-refractivity contribution in [3.05, 3.63) is 23.9 Å². The molecule has 0 aromatic carbocycles. The SMILES string of the molecule is CCCNc1ccc(COCCC(C)(C)C)cn1. The van der Waals surface area contributed by atoms with Gasteiger partial charge in [-0.2, -0.15) is 0 Å². The van der Waals surface area contributed by atoms with Gasteiger partial charge in [-0.3, -0.25) is 0 Å². The molecule has 3 heteroatoms. The molecular formula is C15H26N2O. The number of rotatable bonds is 7. The second-order valence-electron chi connectivity index (χ2n) is 5.84. The average Bonchev–Trinajstić information content (AvgIpc) is 2.32. The molecule has 18 heavy (non-hydrogen) atoms. The first-order valence-corrected chi connectivity index (χ1v) is 6.78. The van der Waals surface area contributed by atoms with Crippen LogP contribution in [0.3, 0.4) is 0 Å². The molecule has 1 aromatic rings. The first-order chi connectivity index (χ1) is 8.51. The van der Waals surface area contributed by atoms with Crippen LogP contribution in [0.4, 0.5) is 5.82 Å². The standard InChI is InChI=1S/C15H26N2O/c1-5-9-16-14-7-6-13(11-17-14)12-18-10-8-15(2,3)4/h6-7,11H,5,8-10,12H2,1-4H3,(H,16,17). The lowest BCUT2D eigenvalue weighted by Crippen LogP contribution is -2.09. The Kier molecular flexibility index (Phi) is 6.13. The second-order valence-corrected chi connectivity index (χ2v) is 5.84. The molecule has 0 fully saturated rings. The minimum absolute atomic E-state index is 0.339. The fraction of sp³-hybridized carbons (Fsp3) is 0.667. The van der Waals surface area contributed by atoms with E-state index in [1.54, 1.807) is 0 Å². The predicted molar refractivity (Wildman–Crippen MR) is 76.7 cm³/mol. The number of pyridine rings is 1. The summed E-state index contributed by atoms with van der Waals surface area (Å²) in [5.74, 6) is 0.940. The van der Waals surface area contributed by atoms with Crippen LogP contribution in [0.2, 0.25) is 0 Å². The predicted octanol–water partition coefficient (Wildman–Crippen LogP) is 3.86. The van der Waals surface area contributed by atoms with Crippen LogP contribution >= 0.6 is 0 Å². The third-order valence-corrected chi connectivity index (χ3v) is 2.65. The van der Waals surface area contributed by atoms with Gasteiger partial charge in [-0.05, 0) is 29.9 Å². The van der Waals surface area contributed by atoms with Crippen molar-refractivity contribution in [3.8, 4) is 0 Å². The highest BCUT2D eigenvalue weighted by molar-refractivity contribution is 5.35. The minimum Gasteiger partial charge on any atom is -0.377 e. The number of aromatic nitrogens is 1. The highest BCUT2D eigenvalue weighted by atomic mass is 16.5. The molecule has 1 rings (SSSR count). The Labute approximate surface area is 111 Å². The summed E-state index contributed by atoms with van der Waals surface area (Å²) in [4.78, 5) is 4.35. The molecule has 0 saturated carbocycles. The molecule has 0 aliphatic carbocycles. The van der Waals surface area contributed by atoms with Crippen LogP contribution in [0.1, 0.15) is 46.1 Å². The summed E-state index contributed by atoms with van der Waals surface area (Å²) in [6, 6.07) is 4.08. The fourth-order valence-electron chi connectivity index (χ4n) is 1.44. The third-order valence-electron chi connectivity index (χ3n) is 2.65. The van der Waals surface area contributed by atoms with Gasteiger partial charge in [-0.15, -0.1) is 0 Å². The number of nitrogens with one attached hydrogen (secondary N) is 1. The van der Waals surface area contributed by atoms with Gasteiger partial charge in [-0.1, -0.05) is 33.8 Å². The summed E-state index contributed by atoms with van der Waals surface area (Å²) in [5, 5.41) is 3.26. The molecule has 1 aromatic heterocycles. The number of anilines is 1. The molecule has 1 N–H and O–H groups in total. The molecule has 0 bridgehead atoms. The lowest BCUT2D eigenvalue weighted by atomic mass is 9.93. The molecule has 0 spiro atoms. The maximum atomic E-state index is 5.66. The third kappa shape index (κ3) is 6.60. The Morgan fingerprint density at radius 2 is 2.06 bits per heavy atom. The van der Waals surface area contributed by atoms with Crippen LogP contribution < -0.4 is 5.32 Å². The van der Waals surface area contributed by atoms with Crippen molar-refractivity contribution in [2.45, 2.75) is 47.1 Å². The van der Waals surface area contributed by atoms with Gasteiger partial charge in [0.15, 0.2) is 0 Å². The summed E-state index contributed by atoms with van der Waals surface area (Å²) in [6.07, 6.45) is 4.07. The molecule has 0 saturated heterocycles. The molecule has 0 aliphatic heterocycles. The molecule has 0 aliphatic rings. The van der Waals surface area contributed by atoms with E-state index in [4.69, 9.17) is 4.74 Å². The van der Waals surface area contributed by atoms with Gasteiger partial charge in [0, 0.05) is 19.3 Å². The van der Waals surface area contributed by atoms with E-state index < -0.39 is 0 Å². The van der Waals surface area contributed by atoms with Gasteiger partial charge in [0.25, 0.3) is 0 Å². The lowest BCUT2D eigenvalue weighted by Gasteiger charge is -2.17. The zero-order chi connectivity index (χ0) is 13.4. The van der Waals surface area contributed by atoms with Crippen LogP contribution in [0.15, 0.2) is 18.3 Å². The molecule has 0 amide bonds. The topological polar surface area (TPSA) is 34.1 Å². The second kappa shape index (κ2) is 7.37. The normalized spacial score (nSPS) is 11.6. The van der Waals surface area contributed by atoms with Crippen LogP contribution in [0.5, 0.6) is 0 Å². The van der Waals surface area contributed by atoms with Crippen molar-refractivity contribution < 1.29 is 4.74 Å². The zero-order valence-corrected chi connectivity index (χ0v) is 12.1. The first-order valence-electron chi connectivity index (χ1n) is 6.78. The highest BCUT2D eigenvalue weighted by Crippen LogP contribution is 2.18. The fourth-order valence-corrected chi connectivity index (χ4v) is 1.44. The van der Waals surface area contributed by atoms with Crippen molar-refractivity contribution in [2.24, 2.45) is 5.41 Å². The molecule has 3 nitrogen and oxygen atoms in total. The summed E-state index contributed by atoms with van der Waals surface area (Å²) >= 11 is 0. The highest BCUT2D eigenvalue weighted by Gasteiger charge is 2.09. The number of hydrogen-bond donors (Lipinski definition) is 1. The van der Waals surface area contributed by atoms with Gasteiger partial charge in [0.2, 0.25) is 0 Å². The largest absolute Gasteiger partial charge is 0.377 e. The molecule has 102 valence electrons. The molecule has 1 heterocycles. The van der Waals surface area contributed by atoms with Gasteiger partial charge in [0.1, 0.15) is 5.82 Å². The molecule has 0 atom stereocenters. The van der Waals surface area contributed by atoms with Gasteiger partial charge >= 0.3 is 0 Å². The maximum absolute atomic E-state index is 5.66. The lowest BCUT2D eigenvalue weighted by molar-refractivity contribution is 0.0961. The number of nitrogens with zero attached hydrogens (tertiary/aromatic N) is 1. The van der Waals surface area contributed by atoms with Crippen LogP contribution in [0.25, 0.3) is 0 Å². The Hall–Kier alpha value is -1.09. The van der Waals surface area contributed by atoms with E-state index in [1.165, 1.54) is 0 Å². The van der Waals surface area contributed by atoms with Crippen LogP contribution in [0, 0.1) is 5.41 Å². The average molecular weight is 250 g/mol. The van der Waals surface area contributed by atoms with Crippen molar-refractivity contribution >= 4 is 5.82 Å². The van der Waals surface area contributed by atoms with Crippen molar-refractivity contribution in [1.29, 1.82) is 0 Å². The van der Waals surface area contributed by atoms with Crippen LogP contribution in [-0.2, 0) is 11.3 Å². The Balaban J connectivity index is 2.26. The zero-order valence-electron chi connectivity index (χ0n) is 12.1. The Morgan fingerprint density at radius 1 is 1.28 bits per heavy atom. The maximum Gasteiger partial charge on any atom is 0.125 e. The molecule has 0 radical (unpaired) electrons. The van der Waals surface area contributed by atoms with Gasteiger partial charge in [-0.25, -0.2) is 4.98 Å². The summed E-state index contributed by atoms with van der Waals surface area (Å²) in [7, 11) is 0. The summed E-state index contributed by atoms with van der Waals surface area (Å²) in [6.45, 7) is 11.2. The number of ether oxygens (including phenoxy) is 1. The summed E-state index contributed by atoms with van der Waals surface area (Å²) < 4.78 is 5.66. The van der Waals surface area contributed by atoms with E-state index in [9.17, 15) is 0 Å². The van der Waals surface area contributed by atoms with Gasteiger partial charge < -0.3 is 10.1 Å². The van der Waals surface area contributed by atoms with E-state index in [1.807, 2.05) is 12.3 Å². The van der Waals surface area contributed by atoms with Gasteiger partial charge in [0.05, 0.1) is 6.61 Å². The van der Waals surface area contributed by atoms with Crippen molar-refractivity contribution in [3.63, 3.8) is 0 Å². The van der Waals surface area contributed by atoms with E-state index in [-0.39, 0.29) is 0 Å². The Bertz CT molecular complexity index is 327. The summed E-state index contributed by atoms with van der Waals surface area (Å²) in [5.41, 5.74) is 1.47.